The van der Waals surface area contributed by atoms with E-state index >= 15 is 0 Å². The Balaban J connectivity index is 2.19. The van der Waals surface area contributed by atoms with E-state index in [-0.39, 0.29) is 36.9 Å². The second kappa shape index (κ2) is 4.39. The van der Waals surface area contributed by atoms with Crippen LogP contribution in [0.3, 0.4) is 0 Å². The van der Waals surface area contributed by atoms with E-state index in [0.29, 0.717) is 0 Å². The van der Waals surface area contributed by atoms with Crippen LogP contribution in [0.25, 0.3) is 0 Å². The van der Waals surface area contributed by atoms with Gasteiger partial charge in [-0.3, -0.25) is 0 Å². The first-order valence-corrected chi connectivity index (χ1v) is 5.75. The van der Waals surface area contributed by atoms with Gasteiger partial charge in [0.1, 0.15) is 5.54 Å². The number of nitrogens with zero attached hydrogens (tertiary/aromatic N) is 3. The second-order valence-corrected chi connectivity index (χ2v) is 4.67. The molecule has 0 bridgehead atoms. The average molecular weight is 277 g/mol. The molecule has 0 saturated heterocycles. The van der Waals surface area contributed by atoms with Gasteiger partial charge in [0.05, 0.1) is 6.10 Å². The van der Waals surface area contributed by atoms with E-state index in [0.717, 1.165) is 0 Å². The summed E-state index contributed by atoms with van der Waals surface area (Å²) in [6, 6.07) is -0.0945. The molecular weight excluding hydrogens is 263 g/mol. The van der Waals surface area contributed by atoms with Crippen LogP contribution >= 0.6 is 0 Å². The highest BCUT2D eigenvalue weighted by atomic mass is 19.4. The Morgan fingerprint density at radius 2 is 1.89 bits per heavy atom. The first kappa shape index (κ1) is 13.6. The van der Waals surface area contributed by atoms with Crippen molar-refractivity contribution >= 4 is 11.9 Å². The van der Waals surface area contributed by atoms with Gasteiger partial charge < -0.3 is 15.8 Å². The van der Waals surface area contributed by atoms with Crippen LogP contribution in [0.2, 0.25) is 0 Å². The third-order valence-electron chi connectivity index (χ3n) is 2.62. The Morgan fingerprint density at radius 3 is 2.37 bits per heavy atom. The molecule has 0 amide bonds. The van der Waals surface area contributed by atoms with Crippen LogP contribution in [-0.4, -0.2) is 32.8 Å². The molecule has 1 heterocycles. The Labute approximate surface area is 107 Å². The highest BCUT2D eigenvalue weighted by Gasteiger charge is 2.64. The standard InChI is InChI=1S/C10H14F3N5O/c1-5(2)19-8-16-6(14)15-7(17-8)18-9(3-4-9)10(11,12)13/h5H,3-4H2,1-2H3,(H3,14,15,16,17,18). The van der Waals surface area contributed by atoms with Crippen molar-refractivity contribution in [1.82, 2.24) is 15.0 Å². The molecular formula is C10H14F3N5O. The van der Waals surface area contributed by atoms with Crippen LogP contribution in [0.15, 0.2) is 0 Å². The lowest BCUT2D eigenvalue weighted by Crippen LogP contribution is -2.39. The van der Waals surface area contributed by atoms with Gasteiger partial charge >= 0.3 is 12.2 Å². The van der Waals surface area contributed by atoms with Gasteiger partial charge in [0.15, 0.2) is 0 Å². The van der Waals surface area contributed by atoms with Gasteiger partial charge in [-0.05, 0) is 26.7 Å². The zero-order chi connectivity index (χ0) is 14.3. The van der Waals surface area contributed by atoms with E-state index in [4.69, 9.17) is 10.5 Å². The van der Waals surface area contributed by atoms with Crippen molar-refractivity contribution < 1.29 is 17.9 Å². The monoisotopic (exact) mass is 277 g/mol. The number of nitrogens with two attached hydrogens (primary N) is 1. The second-order valence-electron chi connectivity index (χ2n) is 4.67. The molecule has 0 radical (unpaired) electrons. The molecule has 106 valence electrons. The van der Waals surface area contributed by atoms with Crippen LogP contribution < -0.4 is 15.8 Å². The summed E-state index contributed by atoms with van der Waals surface area (Å²) in [4.78, 5) is 11.1. The van der Waals surface area contributed by atoms with E-state index in [1.807, 2.05) is 0 Å². The topological polar surface area (TPSA) is 86.0 Å². The minimum Gasteiger partial charge on any atom is -0.461 e. The molecule has 1 aromatic rings. The Morgan fingerprint density at radius 1 is 1.26 bits per heavy atom. The number of hydrogen-bond acceptors (Lipinski definition) is 6. The summed E-state index contributed by atoms with van der Waals surface area (Å²) in [5.41, 5.74) is 3.47. The summed E-state index contributed by atoms with van der Waals surface area (Å²) >= 11 is 0. The van der Waals surface area contributed by atoms with Crippen molar-refractivity contribution in [3.63, 3.8) is 0 Å². The van der Waals surface area contributed by atoms with Crippen molar-refractivity contribution in [3.8, 4) is 6.01 Å². The van der Waals surface area contributed by atoms with Crippen molar-refractivity contribution in [2.45, 2.75) is 44.5 Å². The van der Waals surface area contributed by atoms with Crippen molar-refractivity contribution in [3.05, 3.63) is 0 Å². The number of rotatable bonds is 4. The molecule has 1 aliphatic carbocycles. The number of anilines is 2. The normalized spacial score (nSPS) is 17.4. The van der Waals surface area contributed by atoms with Gasteiger partial charge in [0.2, 0.25) is 11.9 Å². The lowest BCUT2D eigenvalue weighted by molar-refractivity contribution is -0.151. The van der Waals surface area contributed by atoms with Gasteiger partial charge in [0.25, 0.3) is 0 Å². The molecule has 0 unspecified atom stereocenters. The maximum Gasteiger partial charge on any atom is 0.411 e. The number of nitrogens with one attached hydrogen (secondary N) is 1. The van der Waals surface area contributed by atoms with Gasteiger partial charge in [-0.15, -0.1) is 0 Å². The summed E-state index contributed by atoms with van der Waals surface area (Å²) in [5.74, 6) is -0.413. The molecule has 0 atom stereocenters. The molecule has 2 rings (SSSR count). The van der Waals surface area contributed by atoms with Gasteiger partial charge in [-0.1, -0.05) is 0 Å². The smallest absolute Gasteiger partial charge is 0.411 e. The van der Waals surface area contributed by atoms with Crippen molar-refractivity contribution in [2.75, 3.05) is 11.1 Å². The van der Waals surface area contributed by atoms with Gasteiger partial charge in [0, 0.05) is 0 Å². The van der Waals surface area contributed by atoms with Crippen LogP contribution in [0.5, 0.6) is 6.01 Å². The molecule has 1 aromatic heterocycles. The zero-order valence-corrected chi connectivity index (χ0v) is 10.5. The van der Waals surface area contributed by atoms with E-state index in [1.54, 1.807) is 13.8 Å². The van der Waals surface area contributed by atoms with Crippen molar-refractivity contribution in [1.29, 1.82) is 0 Å². The molecule has 0 spiro atoms. The Kier molecular flexibility index (Phi) is 3.15. The molecule has 19 heavy (non-hydrogen) atoms. The predicted octanol–water partition coefficient (Wildman–Crippen LogP) is 1.75. The van der Waals surface area contributed by atoms with Crippen LogP contribution in [0.1, 0.15) is 26.7 Å². The first-order valence-electron chi connectivity index (χ1n) is 5.75. The van der Waals surface area contributed by atoms with Crippen LogP contribution in [0.4, 0.5) is 25.1 Å². The lowest BCUT2D eigenvalue weighted by Gasteiger charge is -2.20. The van der Waals surface area contributed by atoms with E-state index in [1.165, 1.54) is 0 Å². The lowest BCUT2D eigenvalue weighted by atomic mass is 10.3. The summed E-state index contributed by atoms with van der Waals surface area (Å²) < 4.78 is 43.6. The SMILES string of the molecule is CC(C)Oc1nc(N)nc(NC2(C(F)(F)F)CC2)n1. The minimum absolute atomic E-state index is 0.0114. The number of ether oxygens (including phenoxy) is 1. The largest absolute Gasteiger partial charge is 0.461 e. The molecule has 6 nitrogen and oxygen atoms in total. The van der Waals surface area contributed by atoms with Gasteiger partial charge in [-0.2, -0.15) is 28.1 Å². The zero-order valence-electron chi connectivity index (χ0n) is 10.5. The summed E-state index contributed by atoms with van der Waals surface area (Å²) in [7, 11) is 0. The molecule has 1 saturated carbocycles. The average Bonchev–Trinajstić information content (AvgIpc) is 2.95. The molecule has 9 heteroatoms. The molecule has 3 N–H and O–H groups in total. The minimum atomic E-state index is -4.35. The number of alkyl halides is 3. The maximum atomic E-state index is 12.8. The van der Waals surface area contributed by atoms with Crippen LogP contribution in [-0.2, 0) is 0 Å². The van der Waals surface area contributed by atoms with Crippen molar-refractivity contribution in [2.24, 2.45) is 0 Å². The Bertz CT molecular complexity index is 473. The quantitative estimate of drug-likeness (QED) is 0.872. The number of hydrogen-bond donors (Lipinski definition) is 2. The number of aromatic nitrogens is 3. The Hall–Kier alpha value is -1.80. The van der Waals surface area contributed by atoms with Crippen LogP contribution in [0, 0.1) is 0 Å². The third-order valence-corrected chi connectivity index (χ3v) is 2.62. The maximum absolute atomic E-state index is 12.8. The summed E-state index contributed by atoms with van der Waals surface area (Å²) in [6.45, 7) is 3.48. The summed E-state index contributed by atoms with van der Waals surface area (Å²) in [5, 5.41) is 2.28. The fourth-order valence-electron chi connectivity index (χ4n) is 1.51. The predicted molar refractivity (Wildman–Crippen MR) is 61.6 cm³/mol. The first-order chi connectivity index (χ1) is 8.72. The highest BCUT2D eigenvalue weighted by molar-refractivity contribution is 5.39. The molecule has 0 aromatic carbocycles. The highest BCUT2D eigenvalue weighted by Crippen LogP contribution is 2.50. The molecule has 0 aliphatic heterocycles. The molecule has 1 aliphatic rings. The van der Waals surface area contributed by atoms with Gasteiger partial charge in [-0.25, -0.2) is 0 Å². The van der Waals surface area contributed by atoms with E-state index in [9.17, 15) is 13.2 Å². The third kappa shape index (κ3) is 2.96. The molecule has 1 fully saturated rings. The fourth-order valence-corrected chi connectivity index (χ4v) is 1.51. The van der Waals surface area contributed by atoms with E-state index in [2.05, 4.69) is 20.3 Å². The number of halogens is 3. The summed E-state index contributed by atoms with van der Waals surface area (Å²) in [6.07, 6.45) is -4.59. The van der Waals surface area contributed by atoms with E-state index < -0.39 is 11.7 Å². The number of nitrogen functional groups attached to an aromatic ring is 1. The fraction of sp³-hybridized carbons (Fsp3) is 0.700.